The number of hydrogen-bond donors (Lipinski definition) is 1. The summed E-state index contributed by atoms with van der Waals surface area (Å²) < 4.78 is 16.5. The molecule has 1 fully saturated rings. The number of hydrogen-bond acceptors (Lipinski definition) is 5. The van der Waals surface area contributed by atoms with Crippen molar-refractivity contribution in [2.24, 2.45) is 0 Å². The number of rotatable bonds is 4. The molecule has 1 N–H and O–H groups in total. The molecule has 0 unspecified atom stereocenters. The summed E-state index contributed by atoms with van der Waals surface area (Å²) in [6.45, 7) is 0.734. The van der Waals surface area contributed by atoms with Gasteiger partial charge in [-0.2, -0.15) is 0 Å². The standard InChI is InChI=1S/C18H15NO4S/c20-17-10-24-18(19-17)8-12-1-4-14(5-2-12)21-9-13-3-6-15-16(7-13)23-11-22-15/h1-8H,9-11H2,(H,19,20). The van der Waals surface area contributed by atoms with Crippen LogP contribution in [0.4, 0.5) is 0 Å². The van der Waals surface area contributed by atoms with Gasteiger partial charge in [0.15, 0.2) is 11.5 Å². The van der Waals surface area contributed by atoms with E-state index in [1.807, 2.05) is 48.5 Å². The Morgan fingerprint density at radius 1 is 1.12 bits per heavy atom. The van der Waals surface area contributed by atoms with Gasteiger partial charge in [0.25, 0.3) is 0 Å². The van der Waals surface area contributed by atoms with Gasteiger partial charge < -0.3 is 19.5 Å². The lowest BCUT2D eigenvalue weighted by Gasteiger charge is -2.07. The Labute approximate surface area is 143 Å². The predicted molar refractivity (Wildman–Crippen MR) is 91.9 cm³/mol. The molecule has 122 valence electrons. The number of benzene rings is 2. The third-order valence-corrected chi connectivity index (χ3v) is 4.58. The van der Waals surface area contributed by atoms with Crippen LogP contribution in [0.25, 0.3) is 6.08 Å². The van der Waals surface area contributed by atoms with Crippen LogP contribution in [-0.2, 0) is 11.4 Å². The van der Waals surface area contributed by atoms with Crippen molar-refractivity contribution in [2.45, 2.75) is 6.61 Å². The van der Waals surface area contributed by atoms with Gasteiger partial charge >= 0.3 is 0 Å². The molecule has 1 saturated heterocycles. The Balaban J connectivity index is 1.38. The van der Waals surface area contributed by atoms with E-state index in [0.717, 1.165) is 33.4 Å². The predicted octanol–water partition coefficient (Wildman–Crippen LogP) is 3.16. The fourth-order valence-electron chi connectivity index (χ4n) is 2.44. The molecule has 0 saturated carbocycles. The van der Waals surface area contributed by atoms with Crippen LogP contribution in [0.15, 0.2) is 47.5 Å². The van der Waals surface area contributed by atoms with Crippen molar-refractivity contribution in [3.8, 4) is 17.2 Å². The Morgan fingerprint density at radius 3 is 2.75 bits per heavy atom. The molecule has 5 nitrogen and oxygen atoms in total. The largest absolute Gasteiger partial charge is 0.489 e. The lowest BCUT2D eigenvalue weighted by molar-refractivity contribution is -0.117. The van der Waals surface area contributed by atoms with E-state index in [4.69, 9.17) is 14.2 Å². The molecule has 4 rings (SSSR count). The Bertz CT molecular complexity index is 801. The highest BCUT2D eigenvalue weighted by Crippen LogP contribution is 2.32. The molecule has 2 heterocycles. The number of nitrogens with one attached hydrogen (secondary N) is 1. The van der Waals surface area contributed by atoms with Gasteiger partial charge in [-0.05, 0) is 41.5 Å². The van der Waals surface area contributed by atoms with Crippen molar-refractivity contribution in [3.05, 3.63) is 58.6 Å². The minimum absolute atomic E-state index is 0.0509. The van der Waals surface area contributed by atoms with Crippen LogP contribution in [0, 0.1) is 0 Å². The van der Waals surface area contributed by atoms with Crippen molar-refractivity contribution < 1.29 is 19.0 Å². The molecule has 0 bridgehead atoms. The molecule has 2 aromatic carbocycles. The highest BCUT2D eigenvalue weighted by molar-refractivity contribution is 8.04. The lowest BCUT2D eigenvalue weighted by atomic mass is 10.2. The normalized spacial score (nSPS) is 17.2. The summed E-state index contributed by atoms with van der Waals surface area (Å²) in [5, 5.41) is 3.70. The molecule has 1 amide bonds. The molecule has 0 aromatic heterocycles. The van der Waals surface area contributed by atoms with Gasteiger partial charge in [0.1, 0.15) is 12.4 Å². The second kappa shape index (κ2) is 6.49. The molecule has 0 aliphatic carbocycles. The molecule has 0 spiro atoms. The van der Waals surface area contributed by atoms with Crippen LogP contribution in [0.1, 0.15) is 11.1 Å². The smallest absolute Gasteiger partial charge is 0.235 e. The zero-order valence-electron chi connectivity index (χ0n) is 12.8. The number of ether oxygens (including phenoxy) is 3. The van der Waals surface area contributed by atoms with Gasteiger partial charge in [-0.3, -0.25) is 4.79 Å². The molecular weight excluding hydrogens is 326 g/mol. The molecule has 2 aliphatic heterocycles. The average molecular weight is 341 g/mol. The zero-order valence-corrected chi connectivity index (χ0v) is 13.6. The maximum atomic E-state index is 11.2. The zero-order chi connectivity index (χ0) is 16.4. The summed E-state index contributed by atoms with van der Waals surface area (Å²) in [4.78, 5) is 11.2. The third kappa shape index (κ3) is 3.33. The second-order valence-electron chi connectivity index (χ2n) is 5.39. The summed E-state index contributed by atoms with van der Waals surface area (Å²) in [6, 6.07) is 13.6. The van der Waals surface area contributed by atoms with Gasteiger partial charge in [-0.15, -0.1) is 0 Å². The summed E-state index contributed by atoms with van der Waals surface area (Å²) in [6.07, 6.45) is 1.96. The van der Waals surface area contributed by atoms with Crippen molar-refractivity contribution >= 4 is 23.7 Å². The summed E-state index contributed by atoms with van der Waals surface area (Å²) >= 11 is 1.51. The van der Waals surface area contributed by atoms with E-state index in [9.17, 15) is 4.79 Å². The van der Waals surface area contributed by atoms with Crippen LogP contribution in [0.5, 0.6) is 17.2 Å². The van der Waals surface area contributed by atoms with Gasteiger partial charge in [-0.1, -0.05) is 30.0 Å². The molecule has 2 aliphatic rings. The molecule has 24 heavy (non-hydrogen) atoms. The van der Waals surface area contributed by atoms with E-state index in [2.05, 4.69) is 5.32 Å². The molecular formula is C18H15NO4S. The van der Waals surface area contributed by atoms with Crippen LogP contribution < -0.4 is 19.5 Å². The molecule has 0 atom stereocenters. The fourth-order valence-corrected chi connectivity index (χ4v) is 3.20. The summed E-state index contributed by atoms with van der Waals surface area (Å²) in [7, 11) is 0. The van der Waals surface area contributed by atoms with Gasteiger partial charge in [0.05, 0.1) is 10.8 Å². The first-order valence-corrected chi connectivity index (χ1v) is 8.50. The van der Waals surface area contributed by atoms with E-state index >= 15 is 0 Å². The Kier molecular flexibility index (Phi) is 4.04. The lowest BCUT2D eigenvalue weighted by Crippen LogP contribution is -2.13. The number of carbonyl (C=O) groups is 1. The van der Waals surface area contributed by atoms with Crippen molar-refractivity contribution in [1.82, 2.24) is 5.32 Å². The number of fused-ring (bicyclic) bond motifs is 1. The highest BCUT2D eigenvalue weighted by Gasteiger charge is 2.15. The number of amides is 1. The highest BCUT2D eigenvalue weighted by atomic mass is 32.2. The van der Waals surface area contributed by atoms with Crippen molar-refractivity contribution in [3.63, 3.8) is 0 Å². The van der Waals surface area contributed by atoms with E-state index < -0.39 is 0 Å². The van der Waals surface area contributed by atoms with Crippen LogP contribution in [0.3, 0.4) is 0 Å². The van der Waals surface area contributed by atoms with E-state index in [-0.39, 0.29) is 12.7 Å². The quantitative estimate of drug-likeness (QED) is 0.926. The average Bonchev–Trinajstić information content (AvgIpc) is 3.22. The summed E-state index contributed by atoms with van der Waals surface area (Å²) in [5.41, 5.74) is 2.05. The van der Waals surface area contributed by atoms with Crippen LogP contribution in [-0.4, -0.2) is 18.5 Å². The van der Waals surface area contributed by atoms with E-state index in [1.54, 1.807) is 0 Å². The van der Waals surface area contributed by atoms with Crippen LogP contribution >= 0.6 is 11.8 Å². The Hall–Kier alpha value is -2.60. The van der Waals surface area contributed by atoms with Gasteiger partial charge in [-0.25, -0.2) is 0 Å². The molecule has 6 heteroatoms. The number of thioether (sulfide) groups is 1. The third-order valence-electron chi connectivity index (χ3n) is 3.64. The monoisotopic (exact) mass is 341 g/mol. The first-order chi connectivity index (χ1) is 11.8. The first-order valence-electron chi connectivity index (χ1n) is 7.52. The van der Waals surface area contributed by atoms with Crippen molar-refractivity contribution in [2.75, 3.05) is 12.5 Å². The SMILES string of the molecule is O=C1CSC(=Cc2ccc(OCc3ccc4c(c3)OCO4)cc2)N1. The van der Waals surface area contributed by atoms with E-state index in [1.165, 1.54) is 11.8 Å². The Morgan fingerprint density at radius 2 is 1.96 bits per heavy atom. The second-order valence-corrected chi connectivity index (χ2v) is 6.41. The first kappa shape index (κ1) is 15.0. The topological polar surface area (TPSA) is 56.8 Å². The maximum absolute atomic E-state index is 11.2. The van der Waals surface area contributed by atoms with Crippen molar-refractivity contribution in [1.29, 1.82) is 0 Å². The molecule has 0 radical (unpaired) electrons. The van der Waals surface area contributed by atoms with Gasteiger partial charge in [0, 0.05) is 0 Å². The molecule has 2 aromatic rings. The van der Waals surface area contributed by atoms with E-state index in [0.29, 0.717) is 12.4 Å². The fraction of sp³-hybridized carbons (Fsp3) is 0.167. The summed E-state index contributed by atoms with van der Waals surface area (Å²) in [5.74, 6) is 2.86. The minimum atomic E-state index is 0.0509. The maximum Gasteiger partial charge on any atom is 0.235 e. The minimum Gasteiger partial charge on any atom is -0.489 e. The van der Waals surface area contributed by atoms with Crippen LogP contribution in [0.2, 0.25) is 0 Å². The van der Waals surface area contributed by atoms with Gasteiger partial charge in [0.2, 0.25) is 12.7 Å². The number of carbonyl (C=O) groups excluding carboxylic acids is 1.